The van der Waals surface area contributed by atoms with E-state index in [-0.39, 0.29) is 5.75 Å². The van der Waals surface area contributed by atoms with Crippen LogP contribution in [-0.4, -0.2) is 19.6 Å². The van der Waals surface area contributed by atoms with E-state index in [2.05, 4.69) is 9.97 Å². The van der Waals surface area contributed by atoms with E-state index in [0.29, 0.717) is 17.9 Å². The van der Waals surface area contributed by atoms with Gasteiger partial charge in [0.05, 0.1) is 12.0 Å². The van der Waals surface area contributed by atoms with Crippen molar-refractivity contribution in [2.45, 2.75) is 13.5 Å². The van der Waals surface area contributed by atoms with E-state index in [1.807, 2.05) is 36.9 Å². The van der Waals surface area contributed by atoms with Crippen LogP contribution in [0.5, 0.6) is 11.5 Å². The van der Waals surface area contributed by atoms with Gasteiger partial charge in [0, 0.05) is 30.4 Å². The zero-order chi connectivity index (χ0) is 14.1. The first kappa shape index (κ1) is 12.5. The Bertz CT molecular complexity index is 765. The second kappa shape index (κ2) is 4.85. The van der Waals surface area contributed by atoms with Crippen LogP contribution in [-0.2, 0) is 13.7 Å². The van der Waals surface area contributed by atoms with Gasteiger partial charge in [0.15, 0.2) is 0 Å². The van der Waals surface area contributed by atoms with Gasteiger partial charge in [0.25, 0.3) is 0 Å². The molecule has 5 nitrogen and oxygen atoms in total. The minimum absolute atomic E-state index is 0.161. The molecule has 2 aromatic heterocycles. The number of aryl methyl sites for hydroxylation is 2. The normalized spacial score (nSPS) is 10.9. The van der Waals surface area contributed by atoms with Crippen LogP contribution in [0.2, 0.25) is 0 Å². The van der Waals surface area contributed by atoms with Gasteiger partial charge < -0.3 is 14.4 Å². The number of hydrogen-bond donors (Lipinski definition) is 1. The average Bonchev–Trinajstić information content (AvgIpc) is 2.83. The first-order valence-corrected chi connectivity index (χ1v) is 6.32. The fourth-order valence-electron chi connectivity index (χ4n) is 2.14. The summed E-state index contributed by atoms with van der Waals surface area (Å²) in [6, 6.07) is 7.15. The van der Waals surface area contributed by atoms with E-state index in [1.165, 1.54) is 0 Å². The van der Waals surface area contributed by atoms with E-state index < -0.39 is 0 Å². The van der Waals surface area contributed by atoms with Gasteiger partial charge in [-0.1, -0.05) is 6.07 Å². The largest absolute Gasteiger partial charge is 0.506 e. The van der Waals surface area contributed by atoms with Crippen molar-refractivity contribution in [1.29, 1.82) is 0 Å². The molecule has 0 fully saturated rings. The lowest BCUT2D eigenvalue weighted by atomic mass is 10.1. The first-order chi connectivity index (χ1) is 9.63. The molecule has 3 rings (SSSR count). The third kappa shape index (κ3) is 2.30. The summed E-state index contributed by atoms with van der Waals surface area (Å²) in [6.45, 7) is 2.26. The van der Waals surface area contributed by atoms with Gasteiger partial charge >= 0.3 is 0 Å². The SMILES string of the molecule is Cc1cc(OCc2cn(C)cn2)c2cccc(O)c2n1. The van der Waals surface area contributed by atoms with Gasteiger partial charge in [-0.2, -0.15) is 0 Å². The maximum atomic E-state index is 9.87. The predicted molar refractivity (Wildman–Crippen MR) is 75.7 cm³/mol. The summed E-state index contributed by atoms with van der Waals surface area (Å²) in [6.07, 6.45) is 3.65. The molecule has 0 atom stereocenters. The van der Waals surface area contributed by atoms with Crippen molar-refractivity contribution in [3.8, 4) is 11.5 Å². The number of nitrogens with zero attached hydrogens (tertiary/aromatic N) is 3. The monoisotopic (exact) mass is 269 g/mol. The highest BCUT2D eigenvalue weighted by Gasteiger charge is 2.09. The third-order valence-electron chi connectivity index (χ3n) is 3.04. The molecule has 0 radical (unpaired) electrons. The summed E-state index contributed by atoms with van der Waals surface area (Å²) in [5.41, 5.74) is 2.22. The van der Waals surface area contributed by atoms with Crippen molar-refractivity contribution in [3.63, 3.8) is 0 Å². The van der Waals surface area contributed by atoms with Crippen molar-refractivity contribution >= 4 is 10.9 Å². The molecule has 0 spiro atoms. The number of aromatic nitrogens is 3. The molecule has 0 aliphatic carbocycles. The van der Waals surface area contributed by atoms with Gasteiger partial charge in [-0.05, 0) is 19.1 Å². The number of fused-ring (bicyclic) bond motifs is 1. The highest BCUT2D eigenvalue weighted by atomic mass is 16.5. The summed E-state index contributed by atoms with van der Waals surface area (Å²) in [5.74, 6) is 0.864. The highest BCUT2D eigenvalue weighted by Crippen LogP contribution is 2.31. The van der Waals surface area contributed by atoms with Crippen molar-refractivity contribution in [2.24, 2.45) is 7.05 Å². The van der Waals surface area contributed by atoms with Crippen LogP contribution in [0.25, 0.3) is 10.9 Å². The maximum Gasteiger partial charge on any atom is 0.141 e. The molecule has 0 bridgehead atoms. The van der Waals surface area contributed by atoms with E-state index in [9.17, 15) is 5.11 Å². The predicted octanol–water partition coefficient (Wildman–Crippen LogP) is 2.56. The number of hydrogen-bond acceptors (Lipinski definition) is 4. The molecule has 3 aromatic rings. The number of imidazole rings is 1. The Morgan fingerprint density at radius 1 is 1.35 bits per heavy atom. The van der Waals surface area contributed by atoms with Crippen LogP contribution in [0.4, 0.5) is 0 Å². The third-order valence-corrected chi connectivity index (χ3v) is 3.04. The Balaban J connectivity index is 1.96. The number of para-hydroxylation sites is 1. The lowest BCUT2D eigenvalue weighted by Gasteiger charge is -2.10. The second-order valence-corrected chi connectivity index (χ2v) is 4.75. The average molecular weight is 269 g/mol. The molecule has 0 amide bonds. The first-order valence-electron chi connectivity index (χ1n) is 6.32. The van der Waals surface area contributed by atoms with Crippen LogP contribution < -0.4 is 4.74 Å². The number of aromatic hydroxyl groups is 1. The van der Waals surface area contributed by atoms with E-state index in [4.69, 9.17) is 4.74 Å². The zero-order valence-corrected chi connectivity index (χ0v) is 11.4. The Hall–Kier alpha value is -2.56. The Labute approximate surface area is 116 Å². The lowest BCUT2D eigenvalue weighted by Crippen LogP contribution is -1.98. The van der Waals surface area contributed by atoms with Crippen molar-refractivity contribution in [2.75, 3.05) is 0 Å². The Kier molecular flexibility index (Phi) is 3.02. The van der Waals surface area contributed by atoms with E-state index in [1.54, 1.807) is 18.5 Å². The van der Waals surface area contributed by atoms with Crippen LogP contribution in [0.15, 0.2) is 36.8 Å². The zero-order valence-electron chi connectivity index (χ0n) is 11.4. The lowest BCUT2D eigenvalue weighted by molar-refractivity contribution is 0.305. The van der Waals surface area contributed by atoms with Gasteiger partial charge in [-0.3, -0.25) is 0 Å². The minimum atomic E-state index is 0.161. The summed E-state index contributed by atoms with van der Waals surface area (Å²) in [5, 5.41) is 10.7. The van der Waals surface area contributed by atoms with Crippen molar-refractivity contribution in [3.05, 3.63) is 48.2 Å². The van der Waals surface area contributed by atoms with Gasteiger partial charge in [-0.25, -0.2) is 9.97 Å². The summed E-state index contributed by atoms with van der Waals surface area (Å²) in [7, 11) is 1.92. The molecule has 0 aliphatic rings. The highest BCUT2D eigenvalue weighted by molar-refractivity contribution is 5.89. The molecule has 0 aliphatic heterocycles. The fraction of sp³-hybridized carbons (Fsp3) is 0.200. The van der Waals surface area contributed by atoms with Crippen LogP contribution in [0.3, 0.4) is 0 Å². The number of phenols is 1. The number of rotatable bonds is 3. The Morgan fingerprint density at radius 3 is 2.95 bits per heavy atom. The Morgan fingerprint density at radius 2 is 2.20 bits per heavy atom. The van der Waals surface area contributed by atoms with E-state index in [0.717, 1.165) is 16.8 Å². The molecule has 1 aromatic carbocycles. The second-order valence-electron chi connectivity index (χ2n) is 4.75. The molecule has 0 saturated carbocycles. The molecule has 102 valence electrons. The van der Waals surface area contributed by atoms with Gasteiger partial charge in [0.1, 0.15) is 23.6 Å². The van der Waals surface area contributed by atoms with Gasteiger partial charge in [-0.15, -0.1) is 0 Å². The fourth-order valence-corrected chi connectivity index (χ4v) is 2.14. The smallest absolute Gasteiger partial charge is 0.141 e. The molecule has 20 heavy (non-hydrogen) atoms. The number of ether oxygens (including phenoxy) is 1. The summed E-state index contributed by atoms with van der Waals surface area (Å²) in [4.78, 5) is 8.57. The molecule has 2 heterocycles. The standard InChI is InChI=1S/C15H15N3O2/c1-10-6-14(20-8-11-7-18(2)9-16-11)12-4-3-5-13(19)15(12)17-10/h3-7,9,19H,8H2,1-2H3. The number of benzene rings is 1. The summed E-state index contributed by atoms with van der Waals surface area (Å²) < 4.78 is 7.70. The minimum Gasteiger partial charge on any atom is -0.506 e. The molecule has 1 N–H and O–H groups in total. The van der Waals surface area contributed by atoms with Gasteiger partial charge in [0.2, 0.25) is 0 Å². The molecule has 5 heteroatoms. The molecular weight excluding hydrogens is 254 g/mol. The van der Waals surface area contributed by atoms with Crippen LogP contribution >= 0.6 is 0 Å². The molecular formula is C15H15N3O2. The van der Waals surface area contributed by atoms with Crippen LogP contribution in [0, 0.1) is 6.92 Å². The molecule has 0 saturated heterocycles. The maximum absolute atomic E-state index is 9.87. The van der Waals surface area contributed by atoms with Crippen LogP contribution in [0.1, 0.15) is 11.4 Å². The van der Waals surface area contributed by atoms with Crippen molar-refractivity contribution in [1.82, 2.24) is 14.5 Å². The number of phenolic OH excluding ortho intramolecular Hbond substituents is 1. The topological polar surface area (TPSA) is 60.2 Å². The van der Waals surface area contributed by atoms with E-state index >= 15 is 0 Å². The number of pyridine rings is 1. The van der Waals surface area contributed by atoms with Crippen molar-refractivity contribution < 1.29 is 9.84 Å². The quantitative estimate of drug-likeness (QED) is 0.793. The summed E-state index contributed by atoms with van der Waals surface area (Å²) >= 11 is 0. The molecule has 0 unspecified atom stereocenters.